The van der Waals surface area contributed by atoms with E-state index in [9.17, 15) is 24.3 Å². The van der Waals surface area contributed by atoms with Gasteiger partial charge in [0.1, 0.15) is 11.8 Å². The summed E-state index contributed by atoms with van der Waals surface area (Å²) in [6, 6.07) is 13.6. The van der Waals surface area contributed by atoms with E-state index in [0.29, 0.717) is 17.7 Å². The van der Waals surface area contributed by atoms with Crippen LogP contribution in [0.2, 0.25) is 0 Å². The van der Waals surface area contributed by atoms with Gasteiger partial charge in [-0.2, -0.15) is 0 Å². The molecule has 0 spiro atoms. The fourth-order valence-electron chi connectivity index (χ4n) is 3.57. The molecule has 1 aliphatic heterocycles. The zero-order valence-electron chi connectivity index (χ0n) is 19.5. The Kier molecular flexibility index (Phi) is 9.72. The quantitative estimate of drug-likeness (QED) is 0.445. The van der Waals surface area contributed by atoms with Gasteiger partial charge >= 0.3 is 25.0 Å². The summed E-state index contributed by atoms with van der Waals surface area (Å²) in [7, 11) is 3.12. The van der Waals surface area contributed by atoms with Crippen LogP contribution in [0.1, 0.15) is 24.0 Å². The first-order chi connectivity index (χ1) is 15.7. The van der Waals surface area contributed by atoms with Gasteiger partial charge in [0, 0.05) is 27.1 Å². The van der Waals surface area contributed by atoms with Crippen LogP contribution in [0.25, 0.3) is 0 Å². The molecule has 34 heavy (non-hydrogen) atoms. The van der Waals surface area contributed by atoms with Crippen molar-refractivity contribution in [1.29, 1.82) is 0 Å². The number of carbonyl (C=O) groups excluding carboxylic acids is 4. The summed E-state index contributed by atoms with van der Waals surface area (Å²) in [5.41, 5.74) is 1.50. The maximum Gasteiger partial charge on any atom is 1.00 e. The van der Waals surface area contributed by atoms with E-state index in [-0.39, 0.29) is 44.2 Å². The average Bonchev–Trinajstić information content (AvgIpc) is 3.15. The minimum atomic E-state index is -1.43. The molecular weight excluding hydrogens is 433 g/mol. The standard InChI is InChI=1S/C24H27N3O6.Li/c1-26(2)24(32)33-18-10-8-16(9-11-18)14-19(23(30)31)25-22(29)20-12-13-21(28)27(20)15-17-6-4-3-5-7-17;/h3-11,19-20H,12-15H2,1-2H3,(H,25,29)(H,30,31);/q;+1/p-1/t19-,20-;/m0./s1. The number of likely N-dealkylation sites (tertiary alicyclic amines) is 1. The van der Waals surface area contributed by atoms with Gasteiger partial charge in [-0.05, 0) is 36.1 Å². The van der Waals surface area contributed by atoms with Crippen LogP contribution in [-0.4, -0.2) is 59.9 Å². The van der Waals surface area contributed by atoms with E-state index < -0.39 is 30.1 Å². The van der Waals surface area contributed by atoms with Crippen molar-refractivity contribution in [3.63, 3.8) is 0 Å². The molecule has 3 rings (SSSR count). The van der Waals surface area contributed by atoms with Crippen molar-refractivity contribution in [2.75, 3.05) is 14.1 Å². The van der Waals surface area contributed by atoms with Gasteiger partial charge in [-0.1, -0.05) is 42.5 Å². The van der Waals surface area contributed by atoms with Crippen LogP contribution >= 0.6 is 0 Å². The molecule has 1 fully saturated rings. The molecule has 1 N–H and O–H groups in total. The first-order valence-corrected chi connectivity index (χ1v) is 10.6. The molecule has 2 atom stereocenters. The Morgan fingerprint density at radius 2 is 1.74 bits per heavy atom. The summed E-state index contributed by atoms with van der Waals surface area (Å²) in [5.74, 6) is -1.78. The number of rotatable bonds is 8. The fourth-order valence-corrected chi connectivity index (χ4v) is 3.57. The summed E-state index contributed by atoms with van der Waals surface area (Å²) >= 11 is 0. The molecule has 1 aliphatic rings. The Balaban J connectivity index is 0.00000408. The first-order valence-electron chi connectivity index (χ1n) is 10.6. The van der Waals surface area contributed by atoms with E-state index in [1.807, 2.05) is 30.3 Å². The SMILES string of the molecule is CN(C)C(=O)Oc1ccc(C[C@H](NC(=O)[C@@H]2CCC(=O)N2Cc2ccccc2)C(=O)[O-])cc1.[Li+]. The van der Waals surface area contributed by atoms with Crippen LogP contribution in [0.3, 0.4) is 0 Å². The van der Waals surface area contributed by atoms with Gasteiger partial charge in [0.15, 0.2) is 0 Å². The molecule has 0 saturated carbocycles. The Labute approximate surface area is 210 Å². The van der Waals surface area contributed by atoms with E-state index in [1.165, 1.54) is 9.80 Å². The second kappa shape index (κ2) is 12.3. The van der Waals surface area contributed by atoms with Crippen LogP contribution in [0.4, 0.5) is 4.79 Å². The molecule has 0 radical (unpaired) electrons. The number of carboxylic acids is 1. The third-order valence-electron chi connectivity index (χ3n) is 5.36. The second-order valence-corrected chi connectivity index (χ2v) is 8.05. The molecule has 0 unspecified atom stereocenters. The van der Waals surface area contributed by atoms with Gasteiger partial charge < -0.3 is 29.8 Å². The maximum absolute atomic E-state index is 12.9. The number of carbonyl (C=O) groups is 4. The zero-order chi connectivity index (χ0) is 24.0. The van der Waals surface area contributed by atoms with Gasteiger partial charge in [-0.15, -0.1) is 0 Å². The van der Waals surface area contributed by atoms with Gasteiger partial charge in [-0.25, -0.2) is 4.79 Å². The molecule has 174 valence electrons. The van der Waals surface area contributed by atoms with Crippen LogP contribution < -0.4 is 34.0 Å². The largest absolute Gasteiger partial charge is 1.00 e. The van der Waals surface area contributed by atoms with E-state index in [0.717, 1.165) is 5.56 Å². The van der Waals surface area contributed by atoms with Crippen molar-refractivity contribution in [2.24, 2.45) is 0 Å². The fraction of sp³-hybridized carbons (Fsp3) is 0.333. The van der Waals surface area contributed by atoms with Crippen molar-refractivity contribution in [3.8, 4) is 5.75 Å². The van der Waals surface area contributed by atoms with Crippen LogP contribution in [-0.2, 0) is 27.3 Å². The Morgan fingerprint density at radius 1 is 1.09 bits per heavy atom. The van der Waals surface area contributed by atoms with Crippen LogP contribution in [0.5, 0.6) is 5.75 Å². The molecule has 1 heterocycles. The number of hydrogen-bond acceptors (Lipinski definition) is 6. The number of benzene rings is 2. The summed E-state index contributed by atoms with van der Waals surface area (Å²) in [5, 5.41) is 14.2. The second-order valence-electron chi connectivity index (χ2n) is 8.05. The first kappa shape index (κ1) is 27.0. The van der Waals surface area contributed by atoms with Crippen molar-refractivity contribution < 1.29 is 47.9 Å². The molecule has 2 aromatic carbocycles. The van der Waals surface area contributed by atoms with Gasteiger partial charge in [0.2, 0.25) is 11.8 Å². The summed E-state index contributed by atoms with van der Waals surface area (Å²) in [4.78, 5) is 51.3. The third kappa shape index (κ3) is 7.11. The summed E-state index contributed by atoms with van der Waals surface area (Å²) in [6.07, 6.45) is 0.000779. The van der Waals surface area contributed by atoms with Crippen molar-refractivity contribution in [2.45, 2.75) is 37.9 Å². The molecule has 0 aliphatic carbocycles. The number of aliphatic carboxylic acids is 1. The molecule has 2 aromatic rings. The molecular formula is C24H26LiN3O6. The topological polar surface area (TPSA) is 119 Å². The van der Waals surface area contributed by atoms with Gasteiger partial charge in [0.05, 0.1) is 12.0 Å². The monoisotopic (exact) mass is 459 g/mol. The van der Waals surface area contributed by atoms with Crippen LogP contribution in [0.15, 0.2) is 54.6 Å². The van der Waals surface area contributed by atoms with E-state index >= 15 is 0 Å². The number of hydrogen-bond donors (Lipinski definition) is 1. The summed E-state index contributed by atoms with van der Waals surface area (Å²) in [6.45, 7) is 0.279. The molecule has 3 amide bonds. The minimum Gasteiger partial charge on any atom is -0.548 e. The van der Waals surface area contributed by atoms with Crippen molar-refractivity contribution >= 4 is 23.9 Å². The molecule has 1 saturated heterocycles. The predicted octanol–water partition coefficient (Wildman–Crippen LogP) is -2.28. The Morgan fingerprint density at radius 3 is 2.32 bits per heavy atom. The number of nitrogens with zero attached hydrogens (tertiary/aromatic N) is 2. The zero-order valence-corrected chi connectivity index (χ0v) is 19.5. The molecule has 0 aromatic heterocycles. The van der Waals surface area contributed by atoms with Crippen molar-refractivity contribution in [3.05, 3.63) is 65.7 Å². The van der Waals surface area contributed by atoms with Gasteiger partial charge in [0.25, 0.3) is 0 Å². The van der Waals surface area contributed by atoms with Crippen molar-refractivity contribution in [1.82, 2.24) is 15.1 Å². The average molecular weight is 459 g/mol. The van der Waals surface area contributed by atoms with E-state index in [4.69, 9.17) is 4.74 Å². The number of ether oxygens (including phenoxy) is 1. The molecule has 10 heteroatoms. The smallest absolute Gasteiger partial charge is 0.548 e. The summed E-state index contributed by atoms with van der Waals surface area (Å²) < 4.78 is 5.14. The van der Waals surface area contributed by atoms with Gasteiger partial charge in [-0.3, -0.25) is 9.59 Å². The Hall–Kier alpha value is -3.28. The number of amides is 3. The minimum absolute atomic E-state index is 0. The maximum atomic E-state index is 12.9. The normalized spacial score (nSPS) is 15.8. The van der Waals surface area contributed by atoms with Crippen LogP contribution in [0, 0.1) is 0 Å². The predicted molar refractivity (Wildman–Crippen MR) is 117 cm³/mol. The molecule has 0 bridgehead atoms. The van der Waals surface area contributed by atoms with E-state index in [2.05, 4.69) is 5.32 Å². The Bertz CT molecular complexity index is 1010. The number of nitrogens with one attached hydrogen (secondary N) is 1. The molecule has 9 nitrogen and oxygen atoms in total. The number of carboxylic acid groups (broad SMARTS) is 1. The third-order valence-corrected chi connectivity index (χ3v) is 5.36. The van der Waals surface area contributed by atoms with E-state index in [1.54, 1.807) is 38.4 Å².